The number of unbranched alkanes of at least 4 members (excludes halogenated alkanes) is 2. The molecule has 1 N–H and O–H groups in total. The predicted octanol–water partition coefficient (Wildman–Crippen LogP) is 4.49. The number of benzene rings is 1. The Morgan fingerprint density at radius 3 is 2.61 bits per heavy atom. The molecule has 6 nitrogen and oxygen atoms in total. The maximum absolute atomic E-state index is 12.5. The number of rotatable bonds is 12. The van der Waals surface area contributed by atoms with Crippen LogP contribution < -0.4 is 5.32 Å². The van der Waals surface area contributed by atoms with Gasteiger partial charge in [-0.05, 0) is 44.8 Å². The minimum atomic E-state index is 0.0702. The van der Waals surface area contributed by atoms with E-state index in [2.05, 4.69) is 63.1 Å². The average Bonchev–Trinajstić information content (AvgIpc) is 3.15. The standard InChI is InChI=1S/C24H37N5OS/c1-3-4-7-12-20(2)25-23(30)19-31-24-27-26-22(18-28-15-10-6-11-16-28)29(24)17-21-13-8-5-9-14-21/h5,8-9,13-14,20H,3-4,6-7,10-12,15-19H2,1-2H3,(H,25,30). The molecule has 0 radical (unpaired) electrons. The second kappa shape index (κ2) is 12.9. The molecular formula is C24H37N5OS. The third kappa shape index (κ3) is 7.96. The van der Waals surface area contributed by atoms with E-state index in [-0.39, 0.29) is 11.9 Å². The lowest BCUT2D eigenvalue weighted by atomic mass is 10.1. The maximum atomic E-state index is 12.5. The van der Waals surface area contributed by atoms with Gasteiger partial charge in [0, 0.05) is 6.04 Å². The van der Waals surface area contributed by atoms with E-state index < -0.39 is 0 Å². The maximum Gasteiger partial charge on any atom is 0.230 e. The predicted molar refractivity (Wildman–Crippen MR) is 127 cm³/mol. The third-order valence-electron chi connectivity index (χ3n) is 5.77. The summed E-state index contributed by atoms with van der Waals surface area (Å²) >= 11 is 1.49. The van der Waals surface area contributed by atoms with Crippen molar-refractivity contribution in [3.8, 4) is 0 Å². The van der Waals surface area contributed by atoms with Crippen LogP contribution in [0.5, 0.6) is 0 Å². The SMILES string of the molecule is CCCCCC(C)NC(=O)CSc1nnc(CN2CCCCC2)n1Cc1ccccc1. The first kappa shape index (κ1) is 23.8. The van der Waals surface area contributed by atoms with Crippen LogP contribution in [0.25, 0.3) is 0 Å². The van der Waals surface area contributed by atoms with Crippen molar-refractivity contribution in [1.82, 2.24) is 25.0 Å². The van der Waals surface area contributed by atoms with Crippen molar-refractivity contribution >= 4 is 17.7 Å². The number of piperidine rings is 1. The van der Waals surface area contributed by atoms with E-state index in [0.717, 1.165) is 50.0 Å². The highest BCUT2D eigenvalue weighted by atomic mass is 32.2. The fourth-order valence-corrected chi connectivity index (χ4v) is 4.77. The van der Waals surface area contributed by atoms with Crippen LogP contribution in [0, 0.1) is 0 Å². The summed E-state index contributed by atoms with van der Waals surface area (Å²) in [5, 5.41) is 12.9. The zero-order valence-electron chi connectivity index (χ0n) is 19.1. The Bertz CT molecular complexity index is 789. The molecule has 1 fully saturated rings. The van der Waals surface area contributed by atoms with Crippen LogP contribution in [-0.2, 0) is 17.9 Å². The van der Waals surface area contributed by atoms with Crippen LogP contribution in [0.2, 0.25) is 0 Å². The van der Waals surface area contributed by atoms with E-state index in [1.807, 2.05) is 6.07 Å². The topological polar surface area (TPSA) is 63.1 Å². The highest BCUT2D eigenvalue weighted by Crippen LogP contribution is 2.21. The summed E-state index contributed by atoms with van der Waals surface area (Å²) in [4.78, 5) is 14.9. The largest absolute Gasteiger partial charge is 0.353 e. The van der Waals surface area contributed by atoms with Crippen LogP contribution in [0.15, 0.2) is 35.5 Å². The van der Waals surface area contributed by atoms with E-state index in [4.69, 9.17) is 0 Å². The van der Waals surface area contributed by atoms with Crippen molar-refractivity contribution < 1.29 is 4.79 Å². The van der Waals surface area contributed by atoms with Gasteiger partial charge in [-0.15, -0.1) is 10.2 Å². The molecule has 7 heteroatoms. The molecule has 31 heavy (non-hydrogen) atoms. The van der Waals surface area contributed by atoms with Crippen LogP contribution in [0.4, 0.5) is 0 Å². The van der Waals surface area contributed by atoms with E-state index in [1.54, 1.807) is 0 Å². The summed E-state index contributed by atoms with van der Waals surface area (Å²) in [6.45, 7) is 8.09. The van der Waals surface area contributed by atoms with Gasteiger partial charge in [0.05, 0.1) is 18.8 Å². The van der Waals surface area contributed by atoms with Gasteiger partial charge in [0.2, 0.25) is 5.91 Å². The van der Waals surface area contributed by atoms with Crippen molar-refractivity contribution in [2.45, 2.75) is 83.1 Å². The van der Waals surface area contributed by atoms with Gasteiger partial charge in [-0.25, -0.2) is 0 Å². The number of aromatic nitrogens is 3. The molecule has 3 rings (SSSR count). The summed E-state index contributed by atoms with van der Waals surface area (Å²) < 4.78 is 2.19. The molecule has 0 saturated carbocycles. The lowest BCUT2D eigenvalue weighted by molar-refractivity contribution is -0.119. The Hall–Kier alpha value is -1.86. The number of hydrogen-bond acceptors (Lipinski definition) is 5. The quantitative estimate of drug-likeness (QED) is 0.387. The number of thioether (sulfide) groups is 1. The number of carbonyl (C=O) groups excluding carboxylic acids is 1. The van der Waals surface area contributed by atoms with Crippen LogP contribution in [-0.4, -0.2) is 50.5 Å². The second-order valence-electron chi connectivity index (χ2n) is 8.56. The van der Waals surface area contributed by atoms with Crippen molar-refractivity contribution in [1.29, 1.82) is 0 Å². The van der Waals surface area contributed by atoms with Gasteiger partial charge < -0.3 is 9.88 Å². The number of hydrogen-bond donors (Lipinski definition) is 1. The summed E-state index contributed by atoms with van der Waals surface area (Å²) in [5.74, 6) is 1.43. The number of likely N-dealkylation sites (tertiary alicyclic amines) is 1. The molecule has 0 spiro atoms. The molecule has 2 aromatic rings. The second-order valence-corrected chi connectivity index (χ2v) is 9.50. The van der Waals surface area contributed by atoms with Crippen molar-refractivity contribution in [3.63, 3.8) is 0 Å². The number of nitrogens with one attached hydrogen (secondary N) is 1. The van der Waals surface area contributed by atoms with Crippen LogP contribution >= 0.6 is 11.8 Å². The van der Waals surface area contributed by atoms with Gasteiger partial charge in [-0.1, -0.05) is 74.7 Å². The summed E-state index contributed by atoms with van der Waals surface area (Å²) in [6.07, 6.45) is 8.45. The molecule has 170 valence electrons. The zero-order valence-corrected chi connectivity index (χ0v) is 19.9. The van der Waals surface area contributed by atoms with E-state index in [9.17, 15) is 4.79 Å². The monoisotopic (exact) mass is 443 g/mol. The lowest BCUT2D eigenvalue weighted by Crippen LogP contribution is -2.33. The molecule has 2 heterocycles. The molecule has 1 aromatic carbocycles. The molecular weight excluding hydrogens is 406 g/mol. The van der Waals surface area contributed by atoms with E-state index in [0.29, 0.717) is 5.75 Å². The molecule has 1 unspecified atom stereocenters. The molecule has 1 saturated heterocycles. The minimum Gasteiger partial charge on any atom is -0.353 e. The van der Waals surface area contributed by atoms with Crippen LogP contribution in [0.3, 0.4) is 0 Å². The fourth-order valence-electron chi connectivity index (χ4n) is 4.00. The molecule has 1 aliphatic rings. The van der Waals surface area contributed by atoms with Crippen LogP contribution in [0.1, 0.15) is 70.2 Å². The van der Waals surface area contributed by atoms with Gasteiger partial charge >= 0.3 is 0 Å². The van der Waals surface area contributed by atoms with Crippen molar-refractivity contribution in [2.24, 2.45) is 0 Å². The Labute approximate surface area is 191 Å². The van der Waals surface area contributed by atoms with Gasteiger partial charge in [0.1, 0.15) is 5.82 Å². The Balaban J connectivity index is 1.62. The highest BCUT2D eigenvalue weighted by Gasteiger charge is 2.19. The van der Waals surface area contributed by atoms with Gasteiger partial charge in [0.15, 0.2) is 5.16 Å². The molecule has 1 atom stereocenters. The lowest BCUT2D eigenvalue weighted by Gasteiger charge is -2.26. The van der Waals surface area contributed by atoms with E-state index in [1.165, 1.54) is 49.4 Å². The third-order valence-corrected chi connectivity index (χ3v) is 6.74. The Kier molecular flexibility index (Phi) is 9.87. The van der Waals surface area contributed by atoms with Gasteiger partial charge in [-0.2, -0.15) is 0 Å². The van der Waals surface area contributed by atoms with Crippen molar-refractivity contribution in [2.75, 3.05) is 18.8 Å². The number of carbonyl (C=O) groups is 1. The fraction of sp³-hybridized carbons (Fsp3) is 0.625. The Morgan fingerprint density at radius 2 is 1.87 bits per heavy atom. The highest BCUT2D eigenvalue weighted by molar-refractivity contribution is 7.99. The normalized spacial score (nSPS) is 15.7. The summed E-state index contributed by atoms with van der Waals surface area (Å²) in [7, 11) is 0. The van der Waals surface area contributed by atoms with Gasteiger partial charge in [0.25, 0.3) is 0 Å². The summed E-state index contributed by atoms with van der Waals surface area (Å²) in [5.41, 5.74) is 1.22. The molecule has 0 bridgehead atoms. The molecule has 0 aliphatic carbocycles. The first-order valence-electron chi connectivity index (χ1n) is 11.8. The van der Waals surface area contributed by atoms with E-state index >= 15 is 0 Å². The molecule has 1 aromatic heterocycles. The first-order chi connectivity index (χ1) is 15.2. The Morgan fingerprint density at radius 1 is 1.10 bits per heavy atom. The summed E-state index contributed by atoms with van der Waals surface area (Å²) in [6, 6.07) is 10.6. The van der Waals surface area contributed by atoms with Gasteiger partial charge in [-0.3, -0.25) is 9.69 Å². The number of nitrogens with zero attached hydrogens (tertiary/aromatic N) is 4. The first-order valence-corrected chi connectivity index (χ1v) is 12.7. The average molecular weight is 444 g/mol. The number of amides is 1. The zero-order chi connectivity index (χ0) is 21.9. The molecule has 1 amide bonds. The molecule has 1 aliphatic heterocycles. The van der Waals surface area contributed by atoms with Crippen molar-refractivity contribution in [3.05, 3.63) is 41.7 Å². The minimum absolute atomic E-state index is 0.0702. The smallest absolute Gasteiger partial charge is 0.230 e.